The van der Waals surface area contributed by atoms with E-state index in [1.165, 1.54) is 0 Å². The first-order valence-electron chi connectivity index (χ1n) is 4.24. The van der Waals surface area contributed by atoms with Crippen molar-refractivity contribution in [1.82, 2.24) is 4.98 Å². The summed E-state index contributed by atoms with van der Waals surface area (Å²) < 4.78 is 76.4. The zero-order valence-corrected chi connectivity index (χ0v) is 8.32. The monoisotopic (exact) mass is 277 g/mol. The second-order valence-corrected chi connectivity index (χ2v) is 3.06. The molecule has 0 saturated heterocycles. The SMILES string of the molecule is O=c1cc(C(F)(F)F)c(OC(F)(F)F)c(CO)[nH]1. The van der Waals surface area contributed by atoms with Gasteiger partial charge in [0.15, 0.2) is 5.75 Å². The zero-order chi connectivity index (χ0) is 14.1. The van der Waals surface area contributed by atoms with E-state index >= 15 is 0 Å². The summed E-state index contributed by atoms with van der Waals surface area (Å²) in [5, 5.41) is 8.65. The fourth-order valence-corrected chi connectivity index (χ4v) is 1.15. The number of nitrogens with one attached hydrogen (secondary N) is 1. The molecule has 0 bridgehead atoms. The smallest absolute Gasteiger partial charge is 0.403 e. The first-order valence-corrected chi connectivity index (χ1v) is 4.24. The van der Waals surface area contributed by atoms with Crippen molar-refractivity contribution in [2.45, 2.75) is 19.1 Å². The Morgan fingerprint density at radius 3 is 2.17 bits per heavy atom. The molecule has 0 aromatic carbocycles. The molecule has 0 spiro atoms. The number of aromatic amines is 1. The van der Waals surface area contributed by atoms with Crippen molar-refractivity contribution < 1.29 is 36.2 Å². The Hall–Kier alpha value is -1.71. The fourth-order valence-electron chi connectivity index (χ4n) is 1.15. The van der Waals surface area contributed by atoms with Gasteiger partial charge in [-0.1, -0.05) is 0 Å². The summed E-state index contributed by atoms with van der Waals surface area (Å²) in [7, 11) is 0. The topological polar surface area (TPSA) is 62.3 Å². The minimum absolute atomic E-state index is 0.0831. The summed E-state index contributed by atoms with van der Waals surface area (Å²) in [5.41, 5.74) is -4.22. The molecule has 2 N–H and O–H groups in total. The van der Waals surface area contributed by atoms with Crippen molar-refractivity contribution in [2.24, 2.45) is 0 Å². The molecule has 1 heterocycles. The van der Waals surface area contributed by atoms with E-state index in [1.54, 1.807) is 4.98 Å². The first kappa shape index (κ1) is 14.4. The summed E-state index contributed by atoms with van der Waals surface area (Å²) in [5.74, 6) is -1.67. The lowest BCUT2D eigenvalue weighted by Gasteiger charge is -2.17. The number of aliphatic hydroxyl groups is 1. The maximum absolute atomic E-state index is 12.4. The van der Waals surface area contributed by atoms with Gasteiger partial charge in [0.1, 0.15) is 5.56 Å². The Morgan fingerprint density at radius 2 is 1.78 bits per heavy atom. The molecule has 102 valence electrons. The molecule has 0 atom stereocenters. The standard InChI is InChI=1S/C8H5F6NO3/c9-7(10,11)3-1-5(17)15-4(2-16)6(3)18-8(12,13)14/h1,16H,2H2,(H,15,17). The molecular weight excluding hydrogens is 272 g/mol. The molecule has 0 aliphatic rings. The number of ether oxygens (including phenoxy) is 1. The van der Waals surface area contributed by atoms with Crippen molar-refractivity contribution in [3.05, 3.63) is 27.7 Å². The van der Waals surface area contributed by atoms with E-state index in [2.05, 4.69) is 4.74 Å². The largest absolute Gasteiger partial charge is 0.573 e. The summed E-state index contributed by atoms with van der Waals surface area (Å²) in [6, 6.07) is -0.0831. The molecule has 0 fully saturated rings. The molecule has 1 aromatic heterocycles. The molecular formula is C8H5F6NO3. The van der Waals surface area contributed by atoms with Gasteiger partial charge in [-0.2, -0.15) is 13.2 Å². The Kier molecular flexibility index (Phi) is 3.60. The van der Waals surface area contributed by atoms with Crippen molar-refractivity contribution in [2.75, 3.05) is 0 Å². The van der Waals surface area contributed by atoms with Gasteiger partial charge < -0.3 is 14.8 Å². The van der Waals surface area contributed by atoms with Crippen molar-refractivity contribution >= 4 is 0 Å². The minimum Gasteiger partial charge on any atom is -0.403 e. The van der Waals surface area contributed by atoms with Crippen LogP contribution >= 0.6 is 0 Å². The third-order valence-corrected chi connectivity index (χ3v) is 1.75. The van der Waals surface area contributed by atoms with Crippen LogP contribution in [0.3, 0.4) is 0 Å². The number of pyridine rings is 1. The number of hydrogen-bond donors (Lipinski definition) is 2. The molecule has 0 saturated carbocycles. The summed E-state index contributed by atoms with van der Waals surface area (Å²) in [4.78, 5) is 12.5. The number of H-pyrrole nitrogens is 1. The molecule has 10 heteroatoms. The Labute approximate surface area is 94.8 Å². The van der Waals surface area contributed by atoms with Gasteiger partial charge in [0.05, 0.1) is 12.3 Å². The van der Waals surface area contributed by atoms with Crippen LogP contribution in [-0.2, 0) is 12.8 Å². The lowest BCUT2D eigenvalue weighted by molar-refractivity contribution is -0.276. The third kappa shape index (κ3) is 3.39. The minimum atomic E-state index is -5.39. The second-order valence-electron chi connectivity index (χ2n) is 3.06. The quantitative estimate of drug-likeness (QED) is 0.810. The van der Waals surface area contributed by atoms with Gasteiger partial charge in [-0.3, -0.25) is 4.79 Å². The van der Waals surface area contributed by atoms with E-state index in [0.717, 1.165) is 0 Å². The lowest BCUT2D eigenvalue weighted by Crippen LogP contribution is -2.24. The van der Waals surface area contributed by atoms with Crippen LogP contribution in [-0.4, -0.2) is 16.5 Å². The number of hydrogen-bond acceptors (Lipinski definition) is 3. The van der Waals surface area contributed by atoms with Gasteiger partial charge in [-0.05, 0) is 0 Å². The van der Waals surface area contributed by atoms with E-state index in [1.807, 2.05) is 0 Å². The van der Waals surface area contributed by atoms with E-state index < -0.39 is 41.7 Å². The van der Waals surface area contributed by atoms with E-state index in [0.29, 0.717) is 0 Å². The Bertz CT molecular complexity index is 489. The number of rotatable bonds is 2. The van der Waals surface area contributed by atoms with Gasteiger partial charge in [-0.15, -0.1) is 13.2 Å². The molecule has 4 nitrogen and oxygen atoms in total. The molecule has 0 amide bonds. The normalized spacial score (nSPS) is 12.6. The number of aromatic nitrogens is 1. The van der Waals surface area contributed by atoms with Crippen LogP contribution in [0.5, 0.6) is 5.75 Å². The molecule has 0 radical (unpaired) electrons. The van der Waals surface area contributed by atoms with Crippen LogP contribution in [0, 0.1) is 0 Å². The van der Waals surface area contributed by atoms with Crippen LogP contribution in [0.1, 0.15) is 11.3 Å². The first-order chi connectivity index (χ1) is 8.04. The fraction of sp³-hybridized carbons (Fsp3) is 0.375. The summed E-state index contributed by atoms with van der Waals surface area (Å²) >= 11 is 0. The highest BCUT2D eigenvalue weighted by Gasteiger charge is 2.41. The molecule has 1 aromatic rings. The van der Waals surface area contributed by atoms with Crippen LogP contribution in [0.2, 0.25) is 0 Å². The van der Waals surface area contributed by atoms with Crippen LogP contribution in [0.15, 0.2) is 10.9 Å². The van der Waals surface area contributed by atoms with E-state index in [4.69, 9.17) is 5.11 Å². The predicted octanol–water partition coefficient (Wildman–Crippen LogP) is 1.78. The molecule has 0 aliphatic heterocycles. The average molecular weight is 277 g/mol. The third-order valence-electron chi connectivity index (χ3n) is 1.75. The molecule has 0 unspecified atom stereocenters. The summed E-state index contributed by atoms with van der Waals surface area (Å²) in [6.45, 7) is -1.25. The van der Waals surface area contributed by atoms with Gasteiger partial charge in [0.25, 0.3) is 0 Å². The van der Waals surface area contributed by atoms with Gasteiger partial charge in [0.2, 0.25) is 5.56 Å². The maximum Gasteiger partial charge on any atom is 0.573 e. The predicted molar refractivity (Wildman–Crippen MR) is 44.7 cm³/mol. The molecule has 18 heavy (non-hydrogen) atoms. The summed E-state index contributed by atoms with van der Waals surface area (Å²) in [6.07, 6.45) is -10.6. The van der Waals surface area contributed by atoms with Crippen molar-refractivity contribution in [3.63, 3.8) is 0 Å². The van der Waals surface area contributed by atoms with Crippen molar-refractivity contribution in [3.8, 4) is 5.75 Å². The highest BCUT2D eigenvalue weighted by molar-refractivity contribution is 5.38. The highest BCUT2D eigenvalue weighted by atomic mass is 19.4. The van der Waals surface area contributed by atoms with E-state index in [9.17, 15) is 31.1 Å². The maximum atomic E-state index is 12.4. The lowest BCUT2D eigenvalue weighted by atomic mass is 10.2. The van der Waals surface area contributed by atoms with Crippen LogP contribution < -0.4 is 10.3 Å². The number of alkyl halides is 6. The van der Waals surface area contributed by atoms with Crippen molar-refractivity contribution in [1.29, 1.82) is 0 Å². The molecule has 0 aliphatic carbocycles. The average Bonchev–Trinajstić information content (AvgIpc) is 2.16. The molecule has 1 rings (SSSR count). The van der Waals surface area contributed by atoms with Gasteiger partial charge in [-0.25, -0.2) is 0 Å². The van der Waals surface area contributed by atoms with Crippen LogP contribution in [0.4, 0.5) is 26.3 Å². The highest BCUT2D eigenvalue weighted by Crippen LogP contribution is 2.38. The number of halogens is 6. The number of aliphatic hydroxyl groups excluding tert-OH is 1. The Morgan fingerprint density at radius 1 is 1.22 bits per heavy atom. The van der Waals surface area contributed by atoms with Gasteiger partial charge in [0, 0.05) is 6.07 Å². The Balaban J connectivity index is 3.48. The zero-order valence-electron chi connectivity index (χ0n) is 8.32. The second kappa shape index (κ2) is 4.52. The van der Waals surface area contributed by atoms with E-state index in [-0.39, 0.29) is 6.07 Å². The van der Waals surface area contributed by atoms with Gasteiger partial charge >= 0.3 is 12.5 Å². The van der Waals surface area contributed by atoms with Crippen LogP contribution in [0.25, 0.3) is 0 Å².